The zero-order valence-electron chi connectivity index (χ0n) is 14.3. The summed E-state index contributed by atoms with van der Waals surface area (Å²) >= 11 is 5.98. The highest BCUT2D eigenvalue weighted by Gasteiger charge is 2.17. The molecule has 0 saturated heterocycles. The van der Waals surface area contributed by atoms with E-state index in [1.165, 1.54) is 43.3 Å². The molecule has 7 nitrogen and oxygen atoms in total. The molecule has 27 heavy (non-hydrogen) atoms. The summed E-state index contributed by atoms with van der Waals surface area (Å²) in [5.74, 6) is -1.28. The monoisotopic (exact) mass is 408 g/mol. The topological polar surface area (TPSA) is 116 Å². The van der Waals surface area contributed by atoms with Crippen molar-refractivity contribution < 1.29 is 22.7 Å². The number of benzene rings is 2. The van der Waals surface area contributed by atoms with Crippen molar-refractivity contribution in [3.8, 4) is 0 Å². The quantitative estimate of drug-likeness (QED) is 0.563. The molecule has 0 bridgehead atoms. The Kier molecular flexibility index (Phi) is 6.73. The van der Waals surface area contributed by atoms with Gasteiger partial charge in [0.2, 0.25) is 10.0 Å². The first kappa shape index (κ1) is 20.6. The minimum atomic E-state index is -3.81. The standard InChI is InChI=1S/C18H17ClN2O5S/c1-12(26-17(22)11-6-13-4-2-3-5-16(13)19)18(23)21-14-7-9-15(10-8-14)27(20,24)25/h2-12H,1H3,(H,21,23)(H2,20,24,25)/b11-6+/t12-/m0/s1. The number of esters is 1. The van der Waals surface area contributed by atoms with Gasteiger partial charge in [-0.25, -0.2) is 18.4 Å². The number of anilines is 1. The third-order valence-electron chi connectivity index (χ3n) is 3.42. The molecule has 0 aliphatic rings. The van der Waals surface area contributed by atoms with E-state index in [0.717, 1.165) is 0 Å². The Labute approximate surface area is 161 Å². The molecule has 0 unspecified atom stereocenters. The number of carbonyl (C=O) groups excluding carboxylic acids is 2. The molecule has 3 N–H and O–H groups in total. The van der Waals surface area contributed by atoms with E-state index in [0.29, 0.717) is 16.3 Å². The van der Waals surface area contributed by atoms with Gasteiger partial charge in [0, 0.05) is 16.8 Å². The first-order valence-corrected chi connectivity index (χ1v) is 9.66. The van der Waals surface area contributed by atoms with Crippen LogP contribution in [0.25, 0.3) is 6.08 Å². The molecule has 1 atom stereocenters. The molecule has 142 valence electrons. The van der Waals surface area contributed by atoms with Crippen molar-refractivity contribution in [2.24, 2.45) is 5.14 Å². The lowest BCUT2D eigenvalue weighted by Gasteiger charge is -2.12. The molecule has 0 spiro atoms. The highest BCUT2D eigenvalue weighted by atomic mass is 35.5. The summed E-state index contributed by atoms with van der Waals surface area (Å²) in [5.41, 5.74) is 0.977. The molecule has 1 amide bonds. The number of hydrogen-bond donors (Lipinski definition) is 2. The molecule has 0 aromatic heterocycles. The maximum atomic E-state index is 12.1. The number of hydrogen-bond acceptors (Lipinski definition) is 5. The average molecular weight is 409 g/mol. The van der Waals surface area contributed by atoms with Gasteiger partial charge < -0.3 is 10.1 Å². The lowest BCUT2D eigenvalue weighted by Crippen LogP contribution is -2.29. The fourth-order valence-electron chi connectivity index (χ4n) is 2.01. The van der Waals surface area contributed by atoms with Crippen LogP contribution in [-0.2, 0) is 24.3 Å². The Morgan fingerprint density at radius 3 is 2.37 bits per heavy atom. The summed E-state index contributed by atoms with van der Waals surface area (Å²) in [7, 11) is -3.81. The van der Waals surface area contributed by atoms with Gasteiger partial charge >= 0.3 is 5.97 Å². The van der Waals surface area contributed by atoms with E-state index in [4.69, 9.17) is 21.5 Å². The fourth-order valence-corrected chi connectivity index (χ4v) is 2.72. The molecule has 2 aromatic rings. The van der Waals surface area contributed by atoms with Crippen LogP contribution in [0, 0.1) is 0 Å². The lowest BCUT2D eigenvalue weighted by molar-refractivity contribution is -0.148. The van der Waals surface area contributed by atoms with Gasteiger partial charge in [0.05, 0.1) is 4.90 Å². The van der Waals surface area contributed by atoms with Crippen molar-refractivity contribution >= 4 is 45.3 Å². The van der Waals surface area contributed by atoms with Gasteiger partial charge in [0.1, 0.15) is 0 Å². The van der Waals surface area contributed by atoms with E-state index in [-0.39, 0.29) is 4.90 Å². The third kappa shape index (κ3) is 6.21. The molecule has 0 radical (unpaired) electrons. The number of nitrogens with two attached hydrogens (primary N) is 1. The van der Waals surface area contributed by atoms with Gasteiger partial charge in [0.25, 0.3) is 5.91 Å². The second-order valence-corrected chi connectivity index (χ2v) is 7.46. The number of rotatable bonds is 6. The highest BCUT2D eigenvalue weighted by Crippen LogP contribution is 2.16. The van der Waals surface area contributed by atoms with Crippen LogP contribution in [0.5, 0.6) is 0 Å². The predicted octanol–water partition coefficient (Wildman–Crippen LogP) is 2.57. The van der Waals surface area contributed by atoms with Crippen molar-refractivity contribution in [1.82, 2.24) is 0 Å². The maximum absolute atomic E-state index is 12.1. The second-order valence-electron chi connectivity index (χ2n) is 5.49. The molecule has 0 heterocycles. The minimum absolute atomic E-state index is 0.0790. The molecule has 2 aromatic carbocycles. The summed E-state index contributed by atoms with van der Waals surface area (Å²) in [6.07, 6.45) is 1.60. The fraction of sp³-hybridized carbons (Fsp3) is 0.111. The first-order valence-electron chi connectivity index (χ1n) is 7.74. The van der Waals surface area contributed by atoms with E-state index in [2.05, 4.69) is 5.32 Å². The Bertz CT molecular complexity index is 972. The number of ether oxygens (including phenoxy) is 1. The number of amides is 1. The van der Waals surface area contributed by atoms with Crippen LogP contribution >= 0.6 is 11.6 Å². The van der Waals surface area contributed by atoms with Gasteiger partial charge in [-0.1, -0.05) is 29.8 Å². The van der Waals surface area contributed by atoms with Gasteiger partial charge in [-0.15, -0.1) is 0 Å². The van der Waals surface area contributed by atoms with Crippen molar-refractivity contribution in [2.75, 3.05) is 5.32 Å². The zero-order chi connectivity index (χ0) is 20.0. The van der Waals surface area contributed by atoms with E-state index >= 15 is 0 Å². The van der Waals surface area contributed by atoms with Gasteiger partial charge in [-0.3, -0.25) is 4.79 Å². The van der Waals surface area contributed by atoms with Crippen LogP contribution in [0.15, 0.2) is 59.5 Å². The van der Waals surface area contributed by atoms with Crippen molar-refractivity contribution in [3.63, 3.8) is 0 Å². The Balaban J connectivity index is 1.93. The average Bonchev–Trinajstić information content (AvgIpc) is 2.60. The summed E-state index contributed by atoms with van der Waals surface area (Å²) in [6, 6.07) is 12.2. The minimum Gasteiger partial charge on any atom is -0.449 e. The van der Waals surface area contributed by atoms with E-state index in [1.807, 2.05) is 0 Å². The van der Waals surface area contributed by atoms with Crippen LogP contribution in [0.4, 0.5) is 5.69 Å². The molecule has 2 rings (SSSR count). The smallest absolute Gasteiger partial charge is 0.331 e. The molecule has 0 aliphatic carbocycles. The molecule has 0 saturated carbocycles. The van der Waals surface area contributed by atoms with Gasteiger partial charge in [-0.05, 0) is 48.9 Å². The highest BCUT2D eigenvalue weighted by molar-refractivity contribution is 7.89. The lowest BCUT2D eigenvalue weighted by atomic mass is 10.2. The summed E-state index contributed by atoms with van der Waals surface area (Å²) in [6.45, 7) is 1.41. The second kappa shape index (κ2) is 8.81. The number of halogens is 1. The Morgan fingerprint density at radius 1 is 1.15 bits per heavy atom. The number of sulfonamides is 1. The molecule has 0 aliphatic heterocycles. The zero-order valence-corrected chi connectivity index (χ0v) is 15.8. The summed E-state index contributed by atoms with van der Waals surface area (Å²) in [5, 5.41) is 8.00. The van der Waals surface area contributed by atoms with Crippen molar-refractivity contribution in [3.05, 3.63) is 65.2 Å². The maximum Gasteiger partial charge on any atom is 0.331 e. The molecular weight excluding hydrogens is 392 g/mol. The van der Waals surface area contributed by atoms with Crippen LogP contribution < -0.4 is 10.5 Å². The predicted molar refractivity (Wildman–Crippen MR) is 102 cm³/mol. The number of primary sulfonamides is 1. The van der Waals surface area contributed by atoms with E-state index in [9.17, 15) is 18.0 Å². The molecule has 9 heteroatoms. The van der Waals surface area contributed by atoms with Crippen LogP contribution in [-0.4, -0.2) is 26.4 Å². The largest absolute Gasteiger partial charge is 0.449 e. The SMILES string of the molecule is C[C@H](OC(=O)/C=C/c1ccccc1Cl)C(=O)Nc1ccc(S(N)(=O)=O)cc1. The first-order chi connectivity index (χ1) is 12.7. The summed E-state index contributed by atoms with van der Waals surface area (Å²) in [4.78, 5) is 23.8. The number of carbonyl (C=O) groups is 2. The van der Waals surface area contributed by atoms with Crippen molar-refractivity contribution in [1.29, 1.82) is 0 Å². The van der Waals surface area contributed by atoms with Crippen molar-refractivity contribution in [2.45, 2.75) is 17.9 Å². The normalized spacial score (nSPS) is 12.6. The Hall–Kier alpha value is -2.68. The summed E-state index contributed by atoms with van der Waals surface area (Å²) < 4.78 is 27.4. The van der Waals surface area contributed by atoms with Gasteiger partial charge in [-0.2, -0.15) is 0 Å². The van der Waals surface area contributed by atoms with Crippen LogP contribution in [0.3, 0.4) is 0 Å². The third-order valence-corrected chi connectivity index (χ3v) is 4.69. The molecular formula is C18H17ClN2O5S. The van der Waals surface area contributed by atoms with E-state index in [1.54, 1.807) is 24.3 Å². The Morgan fingerprint density at radius 2 is 1.78 bits per heavy atom. The van der Waals surface area contributed by atoms with Gasteiger partial charge in [0.15, 0.2) is 6.10 Å². The van der Waals surface area contributed by atoms with Crippen LogP contribution in [0.1, 0.15) is 12.5 Å². The van der Waals surface area contributed by atoms with Crippen LogP contribution in [0.2, 0.25) is 5.02 Å². The number of nitrogens with one attached hydrogen (secondary N) is 1. The van der Waals surface area contributed by atoms with E-state index < -0.39 is 28.0 Å². The molecule has 0 fully saturated rings.